The molecule has 7 heteroatoms. The maximum absolute atomic E-state index is 12.0. The van der Waals surface area contributed by atoms with Crippen molar-refractivity contribution in [2.75, 3.05) is 19.1 Å². The summed E-state index contributed by atoms with van der Waals surface area (Å²) in [5, 5.41) is 6.85. The van der Waals surface area contributed by atoms with E-state index < -0.39 is 0 Å². The van der Waals surface area contributed by atoms with Gasteiger partial charge in [0, 0.05) is 18.3 Å². The number of hydrogen-bond acceptors (Lipinski definition) is 5. The monoisotopic (exact) mass is 274 g/mol. The Morgan fingerprint density at radius 3 is 3.05 bits per heavy atom. The van der Waals surface area contributed by atoms with Gasteiger partial charge in [0.05, 0.1) is 18.4 Å². The molecule has 0 unspecified atom stereocenters. The van der Waals surface area contributed by atoms with Crippen LogP contribution < -0.4 is 20.5 Å². The van der Waals surface area contributed by atoms with Crippen molar-refractivity contribution in [2.24, 2.45) is 0 Å². The van der Waals surface area contributed by atoms with Crippen molar-refractivity contribution in [3.63, 3.8) is 0 Å². The summed E-state index contributed by atoms with van der Waals surface area (Å²) >= 11 is 0. The summed E-state index contributed by atoms with van der Waals surface area (Å²) in [6.07, 6.45) is 3.28. The molecule has 20 heavy (non-hydrogen) atoms. The van der Waals surface area contributed by atoms with Crippen LogP contribution in [0.25, 0.3) is 0 Å². The Hall–Kier alpha value is -2.70. The number of hydrogen-bond donors (Lipinski definition) is 2. The van der Waals surface area contributed by atoms with Crippen LogP contribution in [0.4, 0.5) is 5.69 Å². The van der Waals surface area contributed by atoms with Gasteiger partial charge in [-0.25, -0.2) is 0 Å². The van der Waals surface area contributed by atoms with Crippen molar-refractivity contribution in [2.45, 2.75) is 6.54 Å². The molecule has 2 aromatic rings. The van der Waals surface area contributed by atoms with Gasteiger partial charge in [0.1, 0.15) is 0 Å². The second-order valence-corrected chi connectivity index (χ2v) is 4.36. The van der Waals surface area contributed by atoms with Gasteiger partial charge in [-0.2, -0.15) is 5.10 Å². The average Bonchev–Trinajstić information content (AvgIpc) is 3.06. The van der Waals surface area contributed by atoms with Crippen LogP contribution in [0.3, 0.4) is 0 Å². The Balaban J connectivity index is 1.56. The molecule has 1 aliphatic rings. The first-order valence-electron chi connectivity index (χ1n) is 6.18. The van der Waals surface area contributed by atoms with Crippen LogP contribution in [0, 0.1) is 0 Å². The Morgan fingerprint density at radius 2 is 2.25 bits per heavy atom. The van der Waals surface area contributed by atoms with Crippen molar-refractivity contribution in [1.82, 2.24) is 15.1 Å². The number of nitrogens with two attached hydrogens (primary N) is 1. The van der Waals surface area contributed by atoms with E-state index in [2.05, 4.69) is 10.4 Å². The summed E-state index contributed by atoms with van der Waals surface area (Å²) in [7, 11) is 0. The van der Waals surface area contributed by atoms with E-state index in [1.807, 2.05) is 0 Å². The quantitative estimate of drug-likeness (QED) is 0.853. The third-order valence-corrected chi connectivity index (χ3v) is 2.91. The molecule has 2 heterocycles. The highest BCUT2D eigenvalue weighted by Crippen LogP contribution is 2.32. The topological polar surface area (TPSA) is 91.4 Å². The first kappa shape index (κ1) is 12.3. The van der Waals surface area contributed by atoms with Crippen LogP contribution in [-0.4, -0.2) is 29.0 Å². The molecule has 0 saturated carbocycles. The van der Waals surface area contributed by atoms with Crippen molar-refractivity contribution >= 4 is 11.6 Å². The van der Waals surface area contributed by atoms with Crippen molar-refractivity contribution in [3.05, 3.63) is 36.2 Å². The van der Waals surface area contributed by atoms with Gasteiger partial charge in [0.2, 0.25) is 6.79 Å². The Kier molecular flexibility index (Phi) is 3.16. The van der Waals surface area contributed by atoms with Crippen molar-refractivity contribution in [3.8, 4) is 11.5 Å². The number of amides is 1. The number of carbonyl (C=O) groups is 1. The number of fused-ring (bicyclic) bond motifs is 1. The van der Waals surface area contributed by atoms with Gasteiger partial charge in [-0.3, -0.25) is 9.48 Å². The fraction of sp³-hybridized carbons (Fsp3) is 0.231. The lowest BCUT2D eigenvalue weighted by atomic mass is 10.2. The van der Waals surface area contributed by atoms with E-state index in [9.17, 15) is 4.79 Å². The lowest BCUT2D eigenvalue weighted by Crippen LogP contribution is -2.27. The molecule has 0 spiro atoms. The summed E-state index contributed by atoms with van der Waals surface area (Å²) in [6, 6.07) is 5.10. The maximum atomic E-state index is 12.0. The number of aromatic nitrogens is 2. The normalized spacial score (nSPS) is 12.4. The summed E-state index contributed by atoms with van der Waals surface area (Å²) in [4.78, 5) is 12.0. The van der Waals surface area contributed by atoms with Crippen LogP contribution in [0.2, 0.25) is 0 Å². The van der Waals surface area contributed by atoms with Crippen LogP contribution in [0.15, 0.2) is 30.6 Å². The summed E-state index contributed by atoms with van der Waals surface area (Å²) in [5.41, 5.74) is 6.70. The number of rotatable bonds is 4. The fourth-order valence-electron chi connectivity index (χ4n) is 1.93. The SMILES string of the molecule is Nc1cnn(CCNC(=O)c2ccc3c(c2)OCO3)c1. The molecular weight excluding hydrogens is 260 g/mol. The lowest BCUT2D eigenvalue weighted by Gasteiger charge is -2.06. The highest BCUT2D eigenvalue weighted by molar-refractivity contribution is 5.94. The third kappa shape index (κ3) is 2.51. The standard InChI is InChI=1S/C13H14N4O3/c14-10-6-16-17(7-10)4-3-15-13(18)9-1-2-11-12(5-9)20-8-19-11/h1-2,5-7H,3-4,8,14H2,(H,15,18). The van der Waals surface area contributed by atoms with E-state index in [1.54, 1.807) is 35.3 Å². The zero-order valence-electron chi connectivity index (χ0n) is 10.7. The van der Waals surface area contributed by atoms with Gasteiger partial charge in [0.25, 0.3) is 5.91 Å². The average molecular weight is 274 g/mol. The number of nitrogens with zero attached hydrogens (tertiary/aromatic N) is 2. The van der Waals surface area contributed by atoms with E-state index in [1.165, 1.54) is 0 Å². The zero-order chi connectivity index (χ0) is 13.9. The van der Waals surface area contributed by atoms with E-state index in [0.29, 0.717) is 35.8 Å². The summed E-state index contributed by atoms with van der Waals surface area (Å²) in [6.45, 7) is 1.23. The maximum Gasteiger partial charge on any atom is 0.251 e. The molecule has 104 valence electrons. The smallest absolute Gasteiger partial charge is 0.251 e. The molecule has 0 fully saturated rings. The molecule has 0 bridgehead atoms. The highest BCUT2D eigenvalue weighted by atomic mass is 16.7. The van der Waals surface area contributed by atoms with Crippen LogP contribution in [-0.2, 0) is 6.54 Å². The Morgan fingerprint density at radius 1 is 1.40 bits per heavy atom. The molecule has 0 radical (unpaired) electrons. The summed E-state index contributed by atoms with van der Waals surface area (Å²) < 4.78 is 12.1. The molecule has 3 N–H and O–H groups in total. The predicted molar refractivity (Wildman–Crippen MR) is 71.5 cm³/mol. The number of nitrogens with one attached hydrogen (secondary N) is 1. The van der Waals surface area contributed by atoms with Gasteiger partial charge in [-0.1, -0.05) is 0 Å². The molecule has 3 rings (SSSR count). The first-order valence-corrected chi connectivity index (χ1v) is 6.18. The molecule has 1 aliphatic heterocycles. The van der Waals surface area contributed by atoms with Crippen LogP contribution >= 0.6 is 0 Å². The minimum absolute atomic E-state index is 0.163. The summed E-state index contributed by atoms with van der Waals surface area (Å²) in [5.74, 6) is 1.09. The van der Waals surface area contributed by atoms with Gasteiger partial charge < -0.3 is 20.5 Å². The second kappa shape index (κ2) is 5.12. The molecule has 1 aromatic heterocycles. The number of ether oxygens (including phenoxy) is 2. The first-order chi connectivity index (χ1) is 9.72. The fourth-order valence-corrected chi connectivity index (χ4v) is 1.93. The van der Waals surface area contributed by atoms with Gasteiger partial charge in [-0.05, 0) is 18.2 Å². The molecule has 7 nitrogen and oxygen atoms in total. The molecule has 0 aliphatic carbocycles. The molecule has 0 atom stereocenters. The number of benzene rings is 1. The van der Waals surface area contributed by atoms with Crippen molar-refractivity contribution in [1.29, 1.82) is 0 Å². The Labute approximate surface area is 115 Å². The highest BCUT2D eigenvalue weighted by Gasteiger charge is 2.15. The zero-order valence-corrected chi connectivity index (χ0v) is 10.7. The minimum atomic E-state index is -0.163. The van der Waals surface area contributed by atoms with Crippen LogP contribution in [0.5, 0.6) is 11.5 Å². The predicted octanol–water partition coefficient (Wildman–Crippen LogP) is 0.624. The lowest BCUT2D eigenvalue weighted by molar-refractivity contribution is 0.0951. The largest absolute Gasteiger partial charge is 0.454 e. The second-order valence-electron chi connectivity index (χ2n) is 4.36. The van der Waals surface area contributed by atoms with Gasteiger partial charge in [0.15, 0.2) is 11.5 Å². The minimum Gasteiger partial charge on any atom is -0.454 e. The van der Waals surface area contributed by atoms with E-state index in [-0.39, 0.29) is 12.7 Å². The molecule has 1 amide bonds. The van der Waals surface area contributed by atoms with Gasteiger partial charge >= 0.3 is 0 Å². The number of nitrogen functional groups attached to an aromatic ring is 1. The van der Waals surface area contributed by atoms with E-state index in [4.69, 9.17) is 15.2 Å². The molecule has 0 saturated heterocycles. The van der Waals surface area contributed by atoms with E-state index >= 15 is 0 Å². The van der Waals surface area contributed by atoms with E-state index in [0.717, 1.165) is 0 Å². The number of carbonyl (C=O) groups excluding carboxylic acids is 1. The van der Waals surface area contributed by atoms with Crippen LogP contribution in [0.1, 0.15) is 10.4 Å². The molecule has 1 aromatic carbocycles. The molecular formula is C13H14N4O3. The third-order valence-electron chi connectivity index (χ3n) is 2.91. The van der Waals surface area contributed by atoms with Crippen molar-refractivity contribution < 1.29 is 14.3 Å². The van der Waals surface area contributed by atoms with Gasteiger partial charge in [-0.15, -0.1) is 0 Å². The number of anilines is 1. The Bertz CT molecular complexity index is 638.